The summed E-state index contributed by atoms with van der Waals surface area (Å²) in [6.07, 6.45) is -18.8. The van der Waals surface area contributed by atoms with Gasteiger partial charge in [-0.3, -0.25) is 9.59 Å². The molecule has 1 heterocycles. The molecule has 5 nitrogen and oxygen atoms in total. The Hall–Kier alpha value is -3.54. The van der Waals surface area contributed by atoms with Gasteiger partial charge in [-0.2, -0.15) is 48.3 Å². The van der Waals surface area contributed by atoms with E-state index in [0.717, 1.165) is 18.2 Å². The topological polar surface area (TPSA) is 71.1 Å². The third-order valence-electron chi connectivity index (χ3n) is 5.60. The zero-order valence-electron chi connectivity index (χ0n) is 20.3. The number of aromatic nitrogens is 1. The standard InChI is InChI=1S/C24H11BrClF12N3O2/c25-15-9-11(20(27,23(33,34)35)22(31,32)24(36,37)38)8-14(21(28,29)30)16(15)41-18(42)10-3-1-4-12(7-10)40-19(43)13-5-2-6-39-17(13)26/h1-9H,(H,40,43)(H,41,42). The Morgan fingerprint density at radius 2 is 1.40 bits per heavy atom. The fourth-order valence-electron chi connectivity index (χ4n) is 3.55. The van der Waals surface area contributed by atoms with Crippen LogP contribution in [0.25, 0.3) is 0 Å². The van der Waals surface area contributed by atoms with Gasteiger partial charge in [0.15, 0.2) is 0 Å². The number of anilines is 2. The molecule has 232 valence electrons. The molecule has 1 aromatic heterocycles. The molecule has 2 aromatic carbocycles. The summed E-state index contributed by atoms with van der Waals surface area (Å²) in [6.45, 7) is 0. The molecule has 0 saturated carbocycles. The molecule has 0 aliphatic heterocycles. The summed E-state index contributed by atoms with van der Waals surface area (Å²) in [4.78, 5) is 28.9. The van der Waals surface area contributed by atoms with Crippen LogP contribution >= 0.6 is 27.5 Å². The Morgan fingerprint density at radius 1 is 0.767 bits per heavy atom. The van der Waals surface area contributed by atoms with Gasteiger partial charge in [0, 0.05) is 27.5 Å². The number of halogens is 14. The van der Waals surface area contributed by atoms with Crippen molar-refractivity contribution < 1.29 is 62.3 Å². The summed E-state index contributed by atoms with van der Waals surface area (Å²) in [5.74, 6) is -9.48. The minimum absolute atomic E-state index is 0.100. The number of benzene rings is 2. The van der Waals surface area contributed by atoms with E-state index >= 15 is 0 Å². The lowest BCUT2D eigenvalue weighted by molar-refractivity contribution is -0.389. The van der Waals surface area contributed by atoms with Crippen LogP contribution in [0, 0.1) is 0 Å². The van der Waals surface area contributed by atoms with E-state index in [9.17, 15) is 62.3 Å². The van der Waals surface area contributed by atoms with Crippen LogP contribution in [-0.4, -0.2) is 35.1 Å². The molecule has 0 fully saturated rings. The van der Waals surface area contributed by atoms with Crippen LogP contribution in [0.2, 0.25) is 5.15 Å². The monoisotopic (exact) mass is 715 g/mol. The Bertz CT molecular complexity index is 1560. The molecule has 0 radical (unpaired) electrons. The second-order valence-corrected chi connectivity index (χ2v) is 9.65. The number of hydrogen-bond donors (Lipinski definition) is 2. The summed E-state index contributed by atoms with van der Waals surface area (Å²) in [7, 11) is 0. The van der Waals surface area contributed by atoms with Gasteiger partial charge in [0.2, 0.25) is 0 Å². The largest absolute Gasteiger partial charge is 0.457 e. The lowest BCUT2D eigenvalue weighted by Gasteiger charge is -2.36. The Morgan fingerprint density at radius 3 is 1.93 bits per heavy atom. The predicted molar refractivity (Wildman–Crippen MR) is 131 cm³/mol. The van der Waals surface area contributed by atoms with Crippen LogP contribution < -0.4 is 10.6 Å². The van der Waals surface area contributed by atoms with Crippen molar-refractivity contribution in [2.45, 2.75) is 30.1 Å². The summed E-state index contributed by atoms with van der Waals surface area (Å²) in [5, 5.41) is 3.78. The van der Waals surface area contributed by atoms with Gasteiger partial charge in [-0.1, -0.05) is 17.7 Å². The molecule has 0 spiro atoms. The Kier molecular flexibility index (Phi) is 9.09. The highest BCUT2D eigenvalue weighted by Crippen LogP contribution is 2.59. The van der Waals surface area contributed by atoms with Gasteiger partial charge in [0.25, 0.3) is 11.8 Å². The number of alkyl halides is 12. The summed E-state index contributed by atoms with van der Waals surface area (Å²) in [6, 6.07) is 5.69. The molecule has 3 rings (SSSR count). The number of carbonyl (C=O) groups excluding carboxylic acids is 2. The van der Waals surface area contributed by atoms with E-state index in [2.05, 4.69) is 26.2 Å². The van der Waals surface area contributed by atoms with Gasteiger partial charge in [0.05, 0.1) is 16.8 Å². The van der Waals surface area contributed by atoms with Crippen LogP contribution in [-0.2, 0) is 11.8 Å². The molecule has 1 atom stereocenters. The quantitative estimate of drug-likeness (QED) is 0.198. The third-order valence-corrected chi connectivity index (χ3v) is 6.52. The van der Waals surface area contributed by atoms with Gasteiger partial charge >= 0.3 is 30.1 Å². The van der Waals surface area contributed by atoms with Crippen molar-refractivity contribution >= 4 is 50.7 Å². The minimum Gasteiger partial charge on any atom is -0.322 e. The van der Waals surface area contributed by atoms with Gasteiger partial charge in [-0.15, -0.1) is 0 Å². The van der Waals surface area contributed by atoms with E-state index in [4.69, 9.17) is 11.6 Å². The number of nitrogens with zero attached hydrogens (tertiary/aromatic N) is 1. The number of amides is 2. The molecule has 3 aromatic rings. The van der Waals surface area contributed by atoms with Crippen molar-refractivity contribution in [2.75, 3.05) is 10.6 Å². The fraction of sp³-hybridized carbons (Fsp3) is 0.208. The first kappa shape index (κ1) is 34.0. The average molecular weight is 717 g/mol. The second kappa shape index (κ2) is 11.5. The Balaban J connectivity index is 2.06. The minimum atomic E-state index is -7.24. The van der Waals surface area contributed by atoms with Gasteiger partial charge < -0.3 is 10.6 Å². The molecular formula is C24H11BrClF12N3O2. The zero-order chi connectivity index (χ0) is 32.8. The van der Waals surface area contributed by atoms with E-state index in [1.54, 1.807) is 5.32 Å². The summed E-state index contributed by atoms with van der Waals surface area (Å²) < 4.78 is 162. The average Bonchev–Trinajstić information content (AvgIpc) is 2.87. The molecule has 0 bridgehead atoms. The molecule has 0 aliphatic rings. The lowest BCUT2D eigenvalue weighted by Crippen LogP contribution is -2.59. The first-order chi connectivity index (χ1) is 19.5. The Labute approximate surface area is 245 Å². The lowest BCUT2D eigenvalue weighted by atomic mass is 9.86. The van der Waals surface area contributed by atoms with Crippen molar-refractivity contribution in [3.8, 4) is 0 Å². The summed E-state index contributed by atoms with van der Waals surface area (Å²) >= 11 is 8.12. The number of rotatable bonds is 6. The van der Waals surface area contributed by atoms with Gasteiger partial charge in [-0.25, -0.2) is 9.37 Å². The van der Waals surface area contributed by atoms with E-state index in [1.165, 1.54) is 24.4 Å². The first-order valence-corrected chi connectivity index (χ1v) is 12.1. The van der Waals surface area contributed by atoms with E-state index < -0.39 is 80.9 Å². The maximum atomic E-state index is 14.9. The smallest absolute Gasteiger partial charge is 0.322 e. The number of nitrogens with one attached hydrogen (secondary N) is 2. The van der Waals surface area contributed by atoms with Crippen LogP contribution in [0.1, 0.15) is 31.8 Å². The van der Waals surface area contributed by atoms with Crippen LogP contribution in [0.15, 0.2) is 59.2 Å². The number of pyridine rings is 1. The maximum absolute atomic E-state index is 14.9. The molecule has 0 aliphatic carbocycles. The maximum Gasteiger partial charge on any atom is 0.457 e. The highest BCUT2D eigenvalue weighted by atomic mass is 79.9. The van der Waals surface area contributed by atoms with Crippen LogP contribution in [0.3, 0.4) is 0 Å². The molecule has 0 saturated heterocycles. The normalized spacial score (nSPS) is 14.2. The fourth-order valence-corrected chi connectivity index (χ4v) is 4.32. The SMILES string of the molecule is O=C(Nc1c(Br)cc(C(F)(C(F)(F)F)C(F)(F)C(F)(F)F)cc1C(F)(F)F)c1cccc(NC(=O)c2cccnc2Cl)c1. The van der Waals surface area contributed by atoms with E-state index in [-0.39, 0.29) is 16.4 Å². The van der Waals surface area contributed by atoms with Crippen molar-refractivity contribution in [1.82, 2.24) is 4.98 Å². The van der Waals surface area contributed by atoms with Gasteiger partial charge in [0.1, 0.15) is 5.15 Å². The van der Waals surface area contributed by atoms with Gasteiger partial charge in [-0.05, 0) is 58.4 Å². The number of carbonyl (C=O) groups is 2. The van der Waals surface area contributed by atoms with Crippen LogP contribution in [0.5, 0.6) is 0 Å². The summed E-state index contributed by atoms with van der Waals surface area (Å²) in [5.41, 5.74) is -14.0. The van der Waals surface area contributed by atoms with Crippen molar-refractivity contribution in [2.24, 2.45) is 0 Å². The third kappa shape index (κ3) is 6.53. The molecule has 2 amide bonds. The highest BCUT2D eigenvalue weighted by molar-refractivity contribution is 9.10. The van der Waals surface area contributed by atoms with Crippen LogP contribution in [0.4, 0.5) is 64.1 Å². The molecule has 2 N–H and O–H groups in total. The molecular weight excluding hydrogens is 706 g/mol. The van der Waals surface area contributed by atoms with E-state index in [1.807, 2.05) is 0 Å². The molecule has 43 heavy (non-hydrogen) atoms. The number of hydrogen-bond acceptors (Lipinski definition) is 3. The highest BCUT2D eigenvalue weighted by Gasteiger charge is 2.82. The zero-order valence-corrected chi connectivity index (χ0v) is 22.6. The van der Waals surface area contributed by atoms with Crippen molar-refractivity contribution in [3.05, 3.63) is 86.6 Å². The second-order valence-electron chi connectivity index (χ2n) is 8.44. The predicted octanol–water partition coefficient (Wildman–Crippen LogP) is 8.95. The van der Waals surface area contributed by atoms with Crippen molar-refractivity contribution in [3.63, 3.8) is 0 Å². The molecule has 19 heteroatoms. The molecule has 1 unspecified atom stereocenters. The first-order valence-electron chi connectivity index (χ1n) is 11.0. The van der Waals surface area contributed by atoms with E-state index in [0.29, 0.717) is 0 Å². The van der Waals surface area contributed by atoms with Crippen molar-refractivity contribution in [1.29, 1.82) is 0 Å².